The smallest absolute Gasteiger partial charge is 0.333 e. The summed E-state index contributed by atoms with van der Waals surface area (Å²) in [5.74, 6) is -0.941. The molecule has 1 N–H and O–H groups in total. The van der Waals surface area contributed by atoms with Crippen LogP contribution in [-0.2, 0) is 24.2 Å². The van der Waals surface area contributed by atoms with Crippen molar-refractivity contribution >= 4 is 49.0 Å². The third kappa shape index (κ3) is 7.15. The number of amides is 1. The summed E-state index contributed by atoms with van der Waals surface area (Å²) in [5, 5.41) is 2.65. The largest absolute Gasteiger partial charge is 0.483 e. The molecule has 1 unspecified atom stereocenters. The van der Waals surface area contributed by atoms with Gasteiger partial charge in [-0.1, -0.05) is 75.2 Å². The standard InChI is InChI=1S/C32H37BrN2O6S/c1-4-6-17-32(5-2)21-35(24-15-11-8-12-16-24)26-18-25(33)27(19-28(26)42(38,39)22-32)41-20-29(36)34-30(31(37)40-3)23-13-9-7-10-14-23/h7-16,18-19,30H,4-6,17,20-22H2,1-3H3,(H,34,36)/t30-,32?/m1/s1. The van der Waals surface area contributed by atoms with Gasteiger partial charge in [0.15, 0.2) is 22.5 Å². The van der Waals surface area contributed by atoms with E-state index >= 15 is 0 Å². The van der Waals surface area contributed by atoms with Crippen LogP contribution in [0.2, 0.25) is 0 Å². The highest BCUT2D eigenvalue weighted by molar-refractivity contribution is 9.10. The van der Waals surface area contributed by atoms with Gasteiger partial charge in [-0.25, -0.2) is 13.2 Å². The Labute approximate surface area is 256 Å². The van der Waals surface area contributed by atoms with Gasteiger partial charge in [0.25, 0.3) is 5.91 Å². The monoisotopic (exact) mass is 656 g/mol. The molecule has 1 aliphatic heterocycles. The quantitative estimate of drug-likeness (QED) is 0.239. The van der Waals surface area contributed by atoms with Gasteiger partial charge in [0, 0.05) is 23.7 Å². The van der Waals surface area contributed by atoms with Crippen molar-refractivity contribution in [3.05, 3.63) is 82.8 Å². The minimum atomic E-state index is -3.72. The Morgan fingerprint density at radius 2 is 1.71 bits per heavy atom. The maximum absolute atomic E-state index is 14.0. The molecular weight excluding hydrogens is 620 g/mol. The SMILES string of the molecule is CCCCC1(CC)CN(c2ccccc2)c2cc(Br)c(OCC(=O)N[C@@H](C(=O)OC)c3ccccc3)cc2S(=O)(=O)C1. The van der Waals surface area contributed by atoms with E-state index in [4.69, 9.17) is 9.47 Å². The number of nitrogens with zero attached hydrogens (tertiary/aromatic N) is 1. The summed E-state index contributed by atoms with van der Waals surface area (Å²) in [6.07, 6.45) is 3.43. The molecule has 8 nitrogen and oxygen atoms in total. The topological polar surface area (TPSA) is 102 Å². The second-order valence-corrected chi connectivity index (χ2v) is 13.4. The van der Waals surface area contributed by atoms with Crippen LogP contribution in [0, 0.1) is 5.41 Å². The normalized spacial score (nSPS) is 18.3. The van der Waals surface area contributed by atoms with Crippen LogP contribution in [0.25, 0.3) is 0 Å². The summed E-state index contributed by atoms with van der Waals surface area (Å²) in [7, 11) is -2.47. The zero-order chi connectivity index (χ0) is 30.3. The molecule has 0 aromatic heterocycles. The van der Waals surface area contributed by atoms with Crippen molar-refractivity contribution in [2.45, 2.75) is 50.5 Å². The number of hydrogen-bond acceptors (Lipinski definition) is 7. The number of benzene rings is 3. The number of ether oxygens (including phenoxy) is 2. The molecule has 0 spiro atoms. The third-order valence-corrected chi connectivity index (χ3v) is 10.4. The molecule has 0 saturated heterocycles. The number of methoxy groups -OCH3 is 1. The Balaban J connectivity index is 1.66. The number of esters is 1. The molecule has 1 amide bonds. The summed E-state index contributed by atoms with van der Waals surface area (Å²) in [5.41, 5.74) is 1.60. The van der Waals surface area contributed by atoms with Crippen molar-refractivity contribution in [2.24, 2.45) is 5.41 Å². The van der Waals surface area contributed by atoms with Gasteiger partial charge in [-0.3, -0.25) is 4.79 Å². The highest BCUT2D eigenvalue weighted by Crippen LogP contribution is 2.46. The van der Waals surface area contributed by atoms with E-state index < -0.39 is 39.8 Å². The number of carbonyl (C=O) groups is 2. The number of para-hydroxylation sites is 1. The van der Waals surface area contributed by atoms with Crippen LogP contribution in [-0.4, -0.2) is 46.3 Å². The lowest BCUT2D eigenvalue weighted by molar-refractivity contribution is -0.145. The zero-order valence-corrected chi connectivity index (χ0v) is 26.5. The molecule has 4 rings (SSSR count). The molecular formula is C32H37BrN2O6S. The fourth-order valence-electron chi connectivity index (χ4n) is 5.36. The van der Waals surface area contributed by atoms with E-state index in [0.717, 1.165) is 31.4 Å². The lowest BCUT2D eigenvalue weighted by Crippen LogP contribution is -2.37. The lowest BCUT2D eigenvalue weighted by Gasteiger charge is -2.36. The molecule has 0 bridgehead atoms. The van der Waals surface area contributed by atoms with Gasteiger partial charge in [0.05, 0.1) is 27.9 Å². The van der Waals surface area contributed by atoms with E-state index in [1.807, 2.05) is 30.3 Å². The maximum atomic E-state index is 14.0. The van der Waals surface area contributed by atoms with Gasteiger partial charge in [0.2, 0.25) is 0 Å². The van der Waals surface area contributed by atoms with E-state index in [9.17, 15) is 18.0 Å². The van der Waals surface area contributed by atoms with Crippen molar-refractivity contribution in [1.29, 1.82) is 0 Å². The molecule has 42 heavy (non-hydrogen) atoms. The van der Waals surface area contributed by atoms with Crippen molar-refractivity contribution in [3.8, 4) is 5.75 Å². The zero-order valence-electron chi connectivity index (χ0n) is 24.1. The maximum Gasteiger partial charge on any atom is 0.333 e. The van der Waals surface area contributed by atoms with Crippen LogP contribution >= 0.6 is 15.9 Å². The molecule has 2 atom stereocenters. The number of rotatable bonds is 11. The van der Waals surface area contributed by atoms with E-state index in [1.54, 1.807) is 36.4 Å². The van der Waals surface area contributed by atoms with Crippen molar-refractivity contribution in [1.82, 2.24) is 5.32 Å². The van der Waals surface area contributed by atoms with Gasteiger partial charge in [0.1, 0.15) is 5.75 Å². The molecule has 3 aromatic carbocycles. The summed E-state index contributed by atoms with van der Waals surface area (Å²) in [4.78, 5) is 27.5. The molecule has 0 fully saturated rings. The highest BCUT2D eigenvalue weighted by Gasteiger charge is 2.42. The summed E-state index contributed by atoms with van der Waals surface area (Å²) in [6, 6.07) is 20.8. The Hall–Kier alpha value is -3.37. The molecule has 0 aliphatic carbocycles. The molecule has 1 aliphatic rings. The fraction of sp³-hybridized carbons (Fsp3) is 0.375. The van der Waals surface area contributed by atoms with Crippen molar-refractivity contribution in [3.63, 3.8) is 0 Å². The van der Waals surface area contributed by atoms with Gasteiger partial charge in [-0.15, -0.1) is 0 Å². The minimum Gasteiger partial charge on any atom is -0.483 e. The Morgan fingerprint density at radius 3 is 2.33 bits per heavy atom. The first-order chi connectivity index (χ1) is 20.1. The van der Waals surface area contributed by atoms with Crippen LogP contribution in [0.15, 0.2) is 82.2 Å². The highest BCUT2D eigenvalue weighted by atomic mass is 79.9. The van der Waals surface area contributed by atoms with Gasteiger partial charge >= 0.3 is 5.97 Å². The molecule has 1 heterocycles. The third-order valence-electron chi connectivity index (χ3n) is 7.74. The van der Waals surface area contributed by atoms with E-state index in [0.29, 0.717) is 22.3 Å². The first kappa shape index (κ1) is 31.6. The number of sulfone groups is 1. The fourth-order valence-corrected chi connectivity index (χ4v) is 7.98. The predicted molar refractivity (Wildman–Crippen MR) is 167 cm³/mol. The number of unbranched alkanes of at least 4 members (excludes halogenated alkanes) is 1. The van der Waals surface area contributed by atoms with Crippen LogP contribution in [0.4, 0.5) is 11.4 Å². The van der Waals surface area contributed by atoms with E-state index in [2.05, 4.69) is 40.0 Å². The minimum absolute atomic E-state index is 0.0201. The Bertz CT molecular complexity index is 1500. The Kier molecular flexibility index (Phi) is 10.3. The first-order valence-corrected chi connectivity index (χ1v) is 16.5. The van der Waals surface area contributed by atoms with Crippen LogP contribution in [0.3, 0.4) is 0 Å². The van der Waals surface area contributed by atoms with Crippen LogP contribution in [0.1, 0.15) is 51.1 Å². The molecule has 0 saturated carbocycles. The number of fused-ring (bicyclic) bond motifs is 1. The first-order valence-electron chi connectivity index (χ1n) is 14.1. The van der Waals surface area contributed by atoms with Gasteiger partial charge in [-0.05, 0) is 52.5 Å². The number of nitrogens with one attached hydrogen (secondary N) is 1. The van der Waals surface area contributed by atoms with Crippen LogP contribution < -0.4 is 15.0 Å². The average Bonchev–Trinajstić information content (AvgIpc) is 3.09. The number of anilines is 2. The molecule has 10 heteroatoms. The number of carbonyl (C=O) groups excluding carboxylic acids is 2. The average molecular weight is 658 g/mol. The second kappa shape index (κ2) is 13.7. The second-order valence-electron chi connectivity index (χ2n) is 10.6. The number of hydrogen-bond donors (Lipinski definition) is 1. The van der Waals surface area contributed by atoms with Crippen molar-refractivity contribution < 1.29 is 27.5 Å². The van der Waals surface area contributed by atoms with Gasteiger partial charge < -0.3 is 19.7 Å². The predicted octanol–water partition coefficient (Wildman–Crippen LogP) is 6.37. The molecule has 0 radical (unpaired) electrons. The lowest BCUT2D eigenvalue weighted by atomic mass is 9.81. The molecule has 224 valence electrons. The van der Waals surface area contributed by atoms with E-state index in [1.165, 1.54) is 13.2 Å². The van der Waals surface area contributed by atoms with Crippen molar-refractivity contribution in [2.75, 3.05) is 30.9 Å². The summed E-state index contributed by atoms with van der Waals surface area (Å²) in [6.45, 7) is 4.30. The Morgan fingerprint density at radius 1 is 1.05 bits per heavy atom. The summed E-state index contributed by atoms with van der Waals surface area (Å²) >= 11 is 3.55. The van der Waals surface area contributed by atoms with Gasteiger partial charge in [-0.2, -0.15) is 0 Å². The van der Waals surface area contributed by atoms with Crippen LogP contribution in [0.5, 0.6) is 5.75 Å². The summed E-state index contributed by atoms with van der Waals surface area (Å²) < 4.78 is 39.2. The number of halogens is 1. The molecule has 3 aromatic rings. The van der Waals surface area contributed by atoms with E-state index in [-0.39, 0.29) is 16.4 Å².